The SMILES string of the molecule is Cc1ccc(COc2ccc(Br)c(CBr)c2)cc1. The van der Waals surface area contributed by atoms with E-state index in [2.05, 4.69) is 63.0 Å². The quantitative estimate of drug-likeness (QED) is 0.670. The summed E-state index contributed by atoms with van der Waals surface area (Å²) >= 11 is 6.97. The first-order valence-corrected chi connectivity index (χ1v) is 7.63. The first-order valence-electron chi connectivity index (χ1n) is 5.72. The van der Waals surface area contributed by atoms with Gasteiger partial charge in [-0.3, -0.25) is 0 Å². The first kappa shape index (κ1) is 13.6. The molecule has 0 N–H and O–H groups in total. The van der Waals surface area contributed by atoms with Gasteiger partial charge < -0.3 is 4.74 Å². The van der Waals surface area contributed by atoms with Crippen molar-refractivity contribution in [2.45, 2.75) is 18.9 Å². The van der Waals surface area contributed by atoms with Crippen LogP contribution in [0.3, 0.4) is 0 Å². The third-order valence-corrected chi connectivity index (χ3v) is 4.06. The van der Waals surface area contributed by atoms with Crippen LogP contribution in [-0.4, -0.2) is 0 Å². The molecule has 0 atom stereocenters. The molecule has 0 unspecified atom stereocenters. The zero-order valence-electron chi connectivity index (χ0n) is 10.1. The summed E-state index contributed by atoms with van der Waals surface area (Å²) in [5.74, 6) is 0.897. The maximum Gasteiger partial charge on any atom is 0.120 e. The van der Waals surface area contributed by atoms with Gasteiger partial charge in [0.1, 0.15) is 12.4 Å². The lowest BCUT2D eigenvalue weighted by Gasteiger charge is -2.09. The lowest BCUT2D eigenvalue weighted by atomic mass is 10.2. The molecule has 0 heterocycles. The van der Waals surface area contributed by atoms with Gasteiger partial charge >= 0.3 is 0 Å². The number of hydrogen-bond acceptors (Lipinski definition) is 1. The average molecular weight is 370 g/mol. The Morgan fingerprint density at radius 2 is 1.78 bits per heavy atom. The van der Waals surface area contributed by atoms with Crippen LogP contribution >= 0.6 is 31.9 Å². The monoisotopic (exact) mass is 368 g/mol. The number of hydrogen-bond donors (Lipinski definition) is 0. The molecule has 0 aliphatic rings. The normalized spacial score (nSPS) is 10.4. The molecular weight excluding hydrogens is 356 g/mol. The highest BCUT2D eigenvalue weighted by atomic mass is 79.9. The largest absolute Gasteiger partial charge is 0.489 e. The zero-order chi connectivity index (χ0) is 13.0. The highest BCUT2D eigenvalue weighted by Gasteiger charge is 2.01. The third kappa shape index (κ3) is 3.59. The molecule has 0 saturated heterocycles. The van der Waals surface area contributed by atoms with E-state index in [9.17, 15) is 0 Å². The topological polar surface area (TPSA) is 9.23 Å². The van der Waals surface area contributed by atoms with Crippen LogP contribution in [0.1, 0.15) is 16.7 Å². The minimum absolute atomic E-state index is 0.601. The molecule has 0 radical (unpaired) electrons. The first-order chi connectivity index (χ1) is 8.69. The maximum absolute atomic E-state index is 5.79. The molecular formula is C15H14Br2O. The molecule has 2 aromatic rings. The molecule has 18 heavy (non-hydrogen) atoms. The van der Waals surface area contributed by atoms with Crippen LogP contribution in [0.5, 0.6) is 5.75 Å². The van der Waals surface area contributed by atoms with Crippen LogP contribution in [0, 0.1) is 6.92 Å². The predicted molar refractivity (Wildman–Crippen MR) is 82.3 cm³/mol. The average Bonchev–Trinajstić information content (AvgIpc) is 2.39. The molecule has 0 spiro atoms. The summed E-state index contributed by atoms with van der Waals surface area (Å²) < 4.78 is 6.89. The fraction of sp³-hybridized carbons (Fsp3) is 0.200. The number of aryl methyl sites for hydroxylation is 1. The summed E-state index contributed by atoms with van der Waals surface area (Å²) in [6.07, 6.45) is 0. The van der Waals surface area contributed by atoms with Gasteiger partial charge in [0.25, 0.3) is 0 Å². The Kier molecular flexibility index (Phi) is 4.84. The number of alkyl halides is 1. The summed E-state index contributed by atoms with van der Waals surface area (Å²) in [5, 5.41) is 0.815. The molecule has 0 aromatic heterocycles. The molecule has 0 amide bonds. The maximum atomic E-state index is 5.79. The summed E-state index contributed by atoms with van der Waals surface area (Å²) in [5.41, 5.74) is 3.64. The van der Waals surface area contributed by atoms with Crippen LogP contribution in [0.15, 0.2) is 46.9 Å². The Morgan fingerprint density at radius 3 is 2.44 bits per heavy atom. The van der Waals surface area contributed by atoms with Gasteiger partial charge in [-0.25, -0.2) is 0 Å². The van der Waals surface area contributed by atoms with Crippen molar-refractivity contribution in [1.29, 1.82) is 0 Å². The van der Waals surface area contributed by atoms with E-state index in [1.54, 1.807) is 0 Å². The van der Waals surface area contributed by atoms with Gasteiger partial charge in [-0.05, 0) is 36.2 Å². The van der Waals surface area contributed by atoms with E-state index < -0.39 is 0 Å². The van der Waals surface area contributed by atoms with E-state index in [1.807, 2.05) is 18.2 Å². The van der Waals surface area contributed by atoms with Crippen molar-refractivity contribution in [3.63, 3.8) is 0 Å². The molecule has 94 valence electrons. The Bertz CT molecular complexity index is 521. The molecule has 0 bridgehead atoms. The van der Waals surface area contributed by atoms with E-state index in [-0.39, 0.29) is 0 Å². The Labute approximate surface area is 124 Å². The number of benzene rings is 2. The van der Waals surface area contributed by atoms with E-state index in [0.717, 1.165) is 15.6 Å². The van der Waals surface area contributed by atoms with Gasteiger partial charge in [0.2, 0.25) is 0 Å². The molecule has 0 aliphatic carbocycles. The van der Waals surface area contributed by atoms with Crippen LogP contribution in [0.25, 0.3) is 0 Å². The lowest BCUT2D eigenvalue weighted by molar-refractivity contribution is 0.306. The third-order valence-electron chi connectivity index (χ3n) is 2.69. The number of rotatable bonds is 4. The molecule has 0 fully saturated rings. The standard InChI is InChI=1S/C15H14Br2O/c1-11-2-4-12(5-3-11)10-18-14-6-7-15(17)13(8-14)9-16/h2-8H,9-10H2,1H3. The van der Waals surface area contributed by atoms with Gasteiger partial charge in [-0.1, -0.05) is 61.7 Å². The Morgan fingerprint density at radius 1 is 1.06 bits per heavy atom. The van der Waals surface area contributed by atoms with E-state index in [1.165, 1.54) is 16.7 Å². The summed E-state index contributed by atoms with van der Waals surface area (Å²) in [6, 6.07) is 14.4. The summed E-state index contributed by atoms with van der Waals surface area (Å²) in [4.78, 5) is 0. The van der Waals surface area contributed by atoms with Crippen molar-refractivity contribution in [2.75, 3.05) is 0 Å². The molecule has 3 heteroatoms. The summed E-state index contributed by atoms with van der Waals surface area (Å²) in [7, 11) is 0. The number of halogens is 2. The van der Waals surface area contributed by atoms with Gasteiger partial charge in [-0.2, -0.15) is 0 Å². The van der Waals surface area contributed by atoms with Crippen molar-refractivity contribution in [2.24, 2.45) is 0 Å². The van der Waals surface area contributed by atoms with E-state index >= 15 is 0 Å². The molecule has 2 rings (SSSR count). The predicted octanol–water partition coefficient (Wildman–Crippen LogP) is 5.23. The van der Waals surface area contributed by atoms with Gasteiger partial charge in [0.15, 0.2) is 0 Å². The fourth-order valence-electron chi connectivity index (χ4n) is 1.59. The fourth-order valence-corrected chi connectivity index (χ4v) is 2.82. The van der Waals surface area contributed by atoms with Gasteiger partial charge in [-0.15, -0.1) is 0 Å². The lowest BCUT2D eigenvalue weighted by Crippen LogP contribution is -1.96. The highest BCUT2D eigenvalue weighted by Crippen LogP contribution is 2.25. The second-order valence-corrected chi connectivity index (χ2v) is 5.58. The van der Waals surface area contributed by atoms with Crippen LogP contribution in [0.4, 0.5) is 0 Å². The highest BCUT2D eigenvalue weighted by molar-refractivity contribution is 9.10. The van der Waals surface area contributed by atoms with Crippen LogP contribution < -0.4 is 4.74 Å². The van der Waals surface area contributed by atoms with Crippen molar-refractivity contribution >= 4 is 31.9 Å². The van der Waals surface area contributed by atoms with Crippen molar-refractivity contribution in [3.05, 3.63) is 63.6 Å². The van der Waals surface area contributed by atoms with Gasteiger partial charge in [0.05, 0.1) is 0 Å². The zero-order valence-corrected chi connectivity index (χ0v) is 13.3. The van der Waals surface area contributed by atoms with E-state index in [4.69, 9.17) is 4.74 Å². The van der Waals surface area contributed by atoms with Crippen LogP contribution in [0.2, 0.25) is 0 Å². The van der Waals surface area contributed by atoms with Gasteiger partial charge in [0, 0.05) is 9.80 Å². The summed E-state index contributed by atoms with van der Waals surface area (Å²) in [6.45, 7) is 2.69. The number of ether oxygens (including phenoxy) is 1. The van der Waals surface area contributed by atoms with Crippen molar-refractivity contribution in [1.82, 2.24) is 0 Å². The molecule has 0 saturated carbocycles. The minimum Gasteiger partial charge on any atom is -0.489 e. The second-order valence-electron chi connectivity index (χ2n) is 4.16. The second kappa shape index (κ2) is 6.39. The minimum atomic E-state index is 0.601. The molecule has 1 nitrogen and oxygen atoms in total. The van der Waals surface area contributed by atoms with Crippen molar-refractivity contribution in [3.8, 4) is 5.75 Å². The molecule has 2 aromatic carbocycles. The molecule has 0 aliphatic heterocycles. The van der Waals surface area contributed by atoms with Crippen LogP contribution in [-0.2, 0) is 11.9 Å². The Balaban J connectivity index is 2.04. The van der Waals surface area contributed by atoms with Crippen molar-refractivity contribution < 1.29 is 4.74 Å². The smallest absolute Gasteiger partial charge is 0.120 e. The Hall–Kier alpha value is -0.800. The van der Waals surface area contributed by atoms with E-state index in [0.29, 0.717) is 6.61 Å².